The van der Waals surface area contributed by atoms with Gasteiger partial charge in [-0.15, -0.1) is 0 Å². The number of rotatable bonds is 5. The molecule has 1 aromatic heterocycles. The molecule has 2 rings (SSSR count). The van der Waals surface area contributed by atoms with Crippen LogP contribution in [-0.4, -0.2) is 53.1 Å². The predicted molar refractivity (Wildman–Crippen MR) is 71.9 cm³/mol. The van der Waals surface area contributed by atoms with E-state index in [1.165, 1.54) is 0 Å². The number of carbonyl (C=O) groups excluding carboxylic acids is 1. The van der Waals surface area contributed by atoms with E-state index >= 15 is 0 Å². The molecule has 1 atom stereocenters. The molecule has 1 aromatic rings. The van der Waals surface area contributed by atoms with Gasteiger partial charge in [0.15, 0.2) is 5.76 Å². The average molecular weight is 266 g/mol. The number of aliphatic hydroxyl groups is 1. The summed E-state index contributed by atoms with van der Waals surface area (Å²) < 4.78 is 5.61. The standard InChI is InChI=1S/C14H22N2O3/c1-3-15(4-2)10-12-5-6-13(19-12)14(18)16-8-7-11(17)9-16/h5-6,11,17H,3-4,7-10H2,1-2H3. The molecule has 0 saturated carbocycles. The van der Waals surface area contributed by atoms with Crippen LogP contribution in [0.15, 0.2) is 16.5 Å². The first-order chi connectivity index (χ1) is 9.13. The molecule has 1 N–H and O–H groups in total. The predicted octanol–water partition coefficient (Wildman–Crippen LogP) is 1.33. The number of hydrogen-bond acceptors (Lipinski definition) is 4. The van der Waals surface area contributed by atoms with Crippen LogP contribution in [0.25, 0.3) is 0 Å². The summed E-state index contributed by atoms with van der Waals surface area (Å²) in [6, 6.07) is 3.59. The van der Waals surface area contributed by atoms with E-state index in [4.69, 9.17) is 4.42 Å². The summed E-state index contributed by atoms with van der Waals surface area (Å²) in [5, 5.41) is 9.45. The van der Waals surface area contributed by atoms with E-state index in [1.807, 2.05) is 6.07 Å². The third kappa shape index (κ3) is 3.36. The Balaban J connectivity index is 1.98. The Morgan fingerprint density at radius 2 is 2.21 bits per heavy atom. The van der Waals surface area contributed by atoms with Gasteiger partial charge in [-0.2, -0.15) is 0 Å². The van der Waals surface area contributed by atoms with Crippen LogP contribution in [0.3, 0.4) is 0 Å². The van der Waals surface area contributed by atoms with Crippen molar-refractivity contribution in [2.45, 2.75) is 32.9 Å². The average Bonchev–Trinajstić information content (AvgIpc) is 3.04. The monoisotopic (exact) mass is 266 g/mol. The Labute approximate surface area is 113 Å². The molecule has 0 aliphatic carbocycles. The Kier molecular flexibility index (Phi) is 4.61. The van der Waals surface area contributed by atoms with Crippen LogP contribution >= 0.6 is 0 Å². The fourth-order valence-electron chi connectivity index (χ4n) is 2.33. The molecule has 0 radical (unpaired) electrons. The summed E-state index contributed by atoms with van der Waals surface area (Å²) in [7, 11) is 0. The number of hydrogen-bond donors (Lipinski definition) is 1. The minimum absolute atomic E-state index is 0.123. The summed E-state index contributed by atoms with van der Waals surface area (Å²) in [4.78, 5) is 16.0. The normalized spacial score (nSPS) is 19.4. The van der Waals surface area contributed by atoms with E-state index in [0.29, 0.717) is 25.3 Å². The SMILES string of the molecule is CCN(CC)Cc1ccc(C(=O)N2CCC(O)C2)o1. The molecule has 5 heteroatoms. The number of aliphatic hydroxyl groups excluding tert-OH is 1. The largest absolute Gasteiger partial charge is 0.455 e. The minimum Gasteiger partial charge on any atom is -0.455 e. The molecule has 5 nitrogen and oxygen atoms in total. The van der Waals surface area contributed by atoms with Gasteiger partial charge >= 0.3 is 0 Å². The van der Waals surface area contributed by atoms with Crippen molar-refractivity contribution in [2.75, 3.05) is 26.2 Å². The molecule has 0 aromatic carbocycles. The zero-order valence-corrected chi connectivity index (χ0v) is 11.6. The lowest BCUT2D eigenvalue weighted by atomic mass is 10.3. The van der Waals surface area contributed by atoms with Crippen LogP contribution in [0.4, 0.5) is 0 Å². The van der Waals surface area contributed by atoms with Gasteiger partial charge in [0.05, 0.1) is 12.6 Å². The first-order valence-electron chi connectivity index (χ1n) is 6.92. The van der Waals surface area contributed by atoms with Crippen LogP contribution in [0.5, 0.6) is 0 Å². The molecule has 1 saturated heterocycles. The van der Waals surface area contributed by atoms with Crippen molar-refractivity contribution in [3.63, 3.8) is 0 Å². The summed E-state index contributed by atoms with van der Waals surface area (Å²) in [6.07, 6.45) is 0.257. The van der Waals surface area contributed by atoms with Crippen molar-refractivity contribution in [2.24, 2.45) is 0 Å². The number of furan rings is 1. The molecule has 0 bridgehead atoms. The van der Waals surface area contributed by atoms with Gasteiger partial charge in [-0.3, -0.25) is 9.69 Å². The summed E-state index contributed by atoms with van der Waals surface area (Å²) in [5.41, 5.74) is 0. The van der Waals surface area contributed by atoms with Gasteiger partial charge in [0, 0.05) is 13.1 Å². The first-order valence-corrected chi connectivity index (χ1v) is 6.92. The lowest BCUT2D eigenvalue weighted by Crippen LogP contribution is -2.29. The quantitative estimate of drug-likeness (QED) is 0.873. The molecular formula is C14H22N2O3. The highest BCUT2D eigenvalue weighted by molar-refractivity contribution is 5.91. The van der Waals surface area contributed by atoms with Crippen LogP contribution in [0, 0.1) is 0 Å². The molecular weight excluding hydrogens is 244 g/mol. The van der Waals surface area contributed by atoms with E-state index in [0.717, 1.165) is 25.4 Å². The van der Waals surface area contributed by atoms with E-state index in [2.05, 4.69) is 18.7 Å². The second-order valence-corrected chi connectivity index (χ2v) is 4.92. The van der Waals surface area contributed by atoms with Crippen molar-refractivity contribution in [3.05, 3.63) is 23.7 Å². The van der Waals surface area contributed by atoms with Crippen molar-refractivity contribution in [1.29, 1.82) is 0 Å². The number of carbonyl (C=O) groups is 1. The van der Waals surface area contributed by atoms with Crippen molar-refractivity contribution in [3.8, 4) is 0 Å². The molecule has 0 spiro atoms. The Bertz CT molecular complexity index is 426. The van der Waals surface area contributed by atoms with Gasteiger partial charge in [0.25, 0.3) is 5.91 Å². The van der Waals surface area contributed by atoms with Gasteiger partial charge < -0.3 is 14.4 Å². The Hall–Kier alpha value is -1.33. The van der Waals surface area contributed by atoms with E-state index < -0.39 is 6.10 Å². The third-order valence-electron chi connectivity index (χ3n) is 3.60. The van der Waals surface area contributed by atoms with E-state index in [-0.39, 0.29) is 5.91 Å². The third-order valence-corrected chi connectivity index (χ3v) is 3.60. The zero-order valence-electron chi connectivity index (χ0n) is 11.6. The Morgan fingerprint density at radius 1 is 1.47 bits per heavy atom. The molecule has 19 heavy (non-hydrogen) atoms. The molecule has 1 aliphatic rings. The van der Waals surface area contributed by atoms with Gasteiger partial charge in [-0.25, -0.2) is 0 Å². The van der Waals surface area contributed by atoms with Crippen molar-refractivity contribution in [1.82, 2.24) is 9.80 Å². The maximum absolute atomic E-state index is 12.1. The van der Waals surface area contributed by atoms with E-state index in [9.17, 15) is 9.90 Å². The molecule has 2 heterocycles. The Morgan fingerprint density at radius 3 is 2.79 bits per heavy atom. The topological polar surface area (TPSA) is 56.9 Å². The molecule has 1 fully saturated rings. The maximum atomic E-state index is 12.1. The van der Waals surface area contributed by atoms with Gasteiger partial charge in [0.1, 0.15) is 5.76 Å². The minimum atomic E-state index is -0.394. The molecule has 106 valence electrons. The molecule has 1 amide bonds. The summed E-state index contributed by atoms with van der Waals surface area (Å²) in [6.45, 7) is 7.85. The lowest BCUT2D eigenvalue weighted by molar-refractivity contribution is 0.0730. The van der Waals surface area contributed by atoms with Crippen LogP contribution in [-0.2, 0) is 6.54 Å². The first kappa shape index (κ1) is 14.1. The fraction of sp³-hybridized carbons (Fsp3) is 0.643. The highest BCUT2D eigenvalue weighted by Crippen LogP contribution is 2.16. The van der Waals surface area contributed by atoms with Crippen molar-refractivity contribution >= 4 is 5.91 Å². The highest BCUT2D eigenvalue weighted by Gasteiger charge is 2.27. The zero-order chi connectivity index (χ0) is 13.8. The number of nitrogens with zero attached hydrogens (tertiary/aromatic N) is 2. The van der Waals surface area contributed by atoms with Crippen molar-refractivity contribution < 1.29 is 14.3 Å². The lowest BCUT2D eigenvalue weighted by Gasteiger charge is -2.16. The van der Waals surface area contributed by atoms with Crippen LogP contribution in [0.1, 0.15) is 36.6 Å². The molecule has 1 unspecified atom stereocenters. The van der Waals surface area contributed by atoms with Gasteiger partial charge in [-0.05, 0) is 31.6 Å². The molecule has 1 aliphatic heterocycles. The smallest absolute Gasteiger partial charge is 0.289 e. The number of amides is 1. The maximum Gasteiger partial charge on any atom is 0.289 e. The van der Waals surface area contributed by atoms with Gasteiger partial charge in [-0.1, -0.05) is 13.8 Å². The highest BCUT2D eigenvalue weighted by atomic mass is 16.4. The van der Waals surface area contributed by atoms with Crippen LogP contribution in [0.2, 0.25) is 0 Å². The van der Waals surface area contributed by atoms with E-state index in [1.54, 1.807) is 11.0 Å². The number of β-amino-alcohol motifs (C(OH)–C–C–N with tert-alkyl or cyclic N) is 1. The summed E-state index contributed by atoms with van der Waals surface area (Å²) in [5.74, 6) is 1.06. The summed E-state index contributed by atoms with van der Waals surface area (Å²) >= 11 is 0. The fourth-order valence-corrected chi connectivity index (χ4v) is 2.33. The van der Waals surface area contributed by atoms with Crippen LogP contribution < -0.4 is 0 Å². The second kappa shape index (κ2) is 6.21. The van der Waals surface area contributed by atoms with Gasteiger partial charge in [0.2, 0.25) is 0 Å². The number of likely N-dealkylation sites (tertiary alicyclic amines) is 1. The second-order valence-electron chi connectivity index (χ2n) is 4.92.